The summed E-state index contributed by atoms with van der Waals surface area (Å²) >= 11 is 1.24. The van der Waals surface area contributed by atoms with E-state index >= 15 is 0 Å². The molecule has 36 heavy (non-hydrogen) atoms. The van der Waals surface area contributed by atoms with Gasteiger partial charge in [-0.25, -0.2) is 4.98 Å². The van der Waals surface area contributed by atoms with Crippen LogP contribution in [0.5, 0.6) is 5.75 Å². The monoisotopic (exact) mass is 500 g/mol. The highest BCUT2D eigenvalue weighted by Crippen LogP contribution is 2.42. The molecule has 0 saturated carbocycles. The molecule has 7 nitrogen and oxygen atoms in total. The molecule has 1 atom stereocenters. The molecule has 0 radical (unpaired) electrons. The molecule has 8 heteroatoms. The molecule has 0 bridgehead atoms. The van der Waals surface area contributed by atoms with Gasteiger partial charge in [0.1, 0.15) is 28.3 Å². The fraction of sp³-hybridized carbons (Fsp3) is 0.179. The van der Waals surface area contributed by atoms with Crippen molar-refractivity contribution < 1.29 is 23.8 Å². The third-order valence-electron chi connectivity index (χ3n) is 6.14. The van der Waals surface area contributed by atoms with Crippen molar-refractivity contribution in [1.29, 1.82) is 0 Å². The molecule has 0 fully saturated rings. The maximum absolute atomic E-state index is 13.9. The van der Waals surface area contributed by atoms with Crippen molar-refractivity contribution in [1.82, 2.24) is 9.88 Å². The van der Waals surface area contributed by atoms with Gasteiger partial charge in [0, 0.05) is 11.1 Å². The molecule has 1 N–H and O–H groups in total. The average Bonchev–Trinajstić information content (AvgIpc) is 3.56. The third-order valence-corrected chi connectivity index (χ3v) is 7.34. The Labute approximate surface area is 212 Å². The predicted molar refractivity (Wildman–Crippen MR) is 136 cm³/mol. The van der Waals surface area contributed by atoms with Crippen LogP contribution in [0.4, 0.5) is 0 Å². The quantitative estimate of drug-likeness (QED) is 0.322. The van der Waals surface area contributed by atoms with Gasteiger partial charge in [-0.15, -0.1) is 11.3 Å². The van der Waals surface area contributed by atoms with Gasteiger partial charge >= 0.3 is 0 Å². The van der Waals surface area contributed by atoms with Crippen LogP contribution in [0.1, 0.15) is 38.5 Å². The standard InChI is InChI=1S/C28H24N2O5S/c1-16-13-14-21(35-16)23-22(24(31)26-17(2)29-27(36-26)18-9-5-4-6-10-18)25(32)28(33)30(23)15-19-11-7-8-12-20(19)34-3/h4-14,23,32H,15H2,1-3H3. The summed E-state index contributed by atoms with van der Waals surface area (Å²) in [5.74, 6) is -0.0389. The third kappa shape index (κ3) is 4.09. The van der Waals surface area contributed by atoms with E-state index in [2.05, 4.69) is 4.98 Å². The summed E-state index contributed by atoms with van der Waals surface area (Å²) in [6.07, 6.45) is 0. The van der Waals surface area contributed by atoms with Crippen molar-refractivity contribution in [2.24, 2.45) is 0 Å². The molecule has 4 aromatic rings. The first-order valence-electron chi connectivity index (χ1n) is 11.4. The van der Waals surface area contributed by atoms with E-state index in [1.54, 1.807) is 39.2 Å². The number of aromatic nitrogens is 1. The molecule has 1 aliphatic heterocycles. The van der Waals surface area contributed by atoms with Crippen LogP contribution in [0, 0.1) is 13.8 Å². The van der Waals surface area contributed by atoms with Gasteiger partial charge in [0.2, 0.25) is 5.78 Å². The van der Waals surface area contributed by atoms with Gasteiger partial charge in [0.15, 0.2) is 5.76 Å². The number of amides is 1. The highest BCUT2D eigenvalue weighted by molar-refractivity contribution is 7.17. The van der Waals surface area contributed by atoms with Crippen LogP contribution >= 0.6 is 11.3 Å². The normalized spacial score (nSPS) is 15.6. The Morgan fingerprint density at radius 2 is 1.81 bits per heavy atom. The van der Waals surface area contributed by atoms with Crippen LogP contribution in [-0.2, 0) is 11.3 Å². The SMILES string of the molecule is COc1ccccc1CN1C(=O)C(O)=C(C(=O)c2sc(-c3ccccc3)nc2C)C1c1ccc(C)o1. The van der Waals surface area contributed by atoms with Crippen LogP contribution in [-0.4, -0.2) is 33.8 Å². The van der Waals surface area contributed by atoms with Gasteiger partial charge in [-0.05, 0) is 32.0 Å². The van der Waals surface area contributed by atoms with Crippen molar-refractivity contribution in [2.45, 2.75) is 26.4 Å². The van der Waals surface area contributed by atoms with E-state index in [-0.39, 0.29) is 12.1 Å². The lowest BCUT2D eigenvalue weighted by Crippen LogP contribution is -2.30. The molecule has 2 aromatic heterocycles. The number of furan rings is 1. The van der Waals surface area contributed by atoms with Crippen LogP contribution < -0.4 is 4.74 Å². The Morgan fingerprint density at radius 3 is 2.50 bits per heavy atom. The molecular formula is C28H24N2O5S. The van der Waals surface area contributed by atoms with Crippen molar-refractivity contribution in [3.8, 4) is 16.3 Å². The Balaban J connectivity index is 1.57. The van der Waals surface area contributed by atoms with Crippen LogP contribution in [0.2, 0.25) is 0 Å². The van der Waals surface area contributed by atoms with Crippen LogP contribution in [0.3, 0.4) is 0 Å². The molecular weight excluding hydrogens is 476 g/mol. The molecule has 5 rings (SSSR count). The predicted octanol–water partition coefficient (Wildman–Crippen LogP) is 5.81. The van der Waals surface area contributed by atoms with E-state index in [4.69, 9.17) is 9.15 Å². The molecule has 1 aliphatic rings. The summed E-state index contributed by atoms with van der Waals surface area (Å²) in [6, 6.07) is 19.5. The first kappa shape index (κ1) is 23.6. The number of carbonyl (C=O) groups is 2. The summed E-state index contributed by atoms with van der Waals surface area (Å²) in [5.41, 5.74) is 2.15. The van der Waals surface area contributed by atoms with Crippen molar-refractivity contribution in [2.75, 3.05) is 7.11 Å². The van der Waals surface area contributed by atoms with E-state index in [0.717, 1.165) is 11.1 Å². The number of para-hydroxylation sites is 1. The van der Waals surface area contributed by atoms with E-state index in [1.165, 1.54) is 16.2 Å². The van der Waals surface area contributed by atoms with Crippen molar-refractivity contribution in [3.63, 3.8) is 0 Å². The second-order valence-electron chi connectivity index (χ2n) is 8.49. The Bertz CT molecular complexity index is 1480. The van der Waals surface area contributed by atoms with Crippen molar-refractivity contribution >= 4 is 23.0 Å². The number of thiazole rings is 1. The number of ketones is 1. The summed E-state index contributed by atoms with van der Waals surface area (Å²) in [7, 11) is 1.56. The van der Waals surface area contributed by atoms with E-state index in [0.29, 0.717) is 32.8 Å². The van der Waals surface area contributed by atoms with Gasteiger partial charge in [0.05, 0.1) is 29.8 Å². The summed E-state index contributed by atoms with van der Waals surface area (Å²) in [6.45, 7) is 3.66. The average molecular weight is 501 g/mol. The van der Waals surface area contributed by atoms with E-state index in [9.17, 15) is 14.7 Å². The summed E-state index contributed by atoms with van der Waals surface area (Å²) < 4.78 is 11.3. The van der Waals surface area contributed by atoms with E-state index < -0.39 is 23.5 Å². The largest absolute Gasteiger partial charge is 0.503 e. The lowest BCUT2D eigenvalue weighted by molar-refractivity contribution is -0.130. The minimum atomic E-state index is -0.898. The summed E-state index contributed by atoms with van der Waals surface area (Å²) in [5, 5.41) is 11.7. The molecule has 0 saturated heterocycles. The maximum atomic E-state index is 13.9. The molecule has 1 amide bonds. The highest BCUT2D eigenvalue weighted by atomic mass is 32.1. The van der Waals surface area contributed by atoms with Gasteiger partial charge in [-0.2, -0.15) is 0 Å². The number of nitrogens with zero attached hydrogens (tertiary/aromatic N) is 2. The Hall–Kier alpha value is -4.17. The van der Waals surface area contributed by atoms with Gasteiger partial charge < -0.3 is 19.2 Å². The number of benzene rings is 2. The first-order chi connectivity index (χ1) is 17.4. The topological polar surface area (TPSA) is 92.9 Å². The number of aliphatic hydroxyl groups is 1. The van der Waals surface area contributed by atoms with Gasteiger partial charge in [-0.1, -0.05) is 48.5 Å². The number of methoxy groups -OCH3 is 1. The number of aliphatic hydroxyl groups excluding tert-OH is 1. The fourth-order valence-corrected chi connectivity index (χ4v) is 5.42. The molecule has 0 spiro atoms. The number of rotatable bonds is 7. The highest BCUT2D eigenvalue weighted by Gasteiger charge is 2.46. The zero-order valence-corrected chi connectivity index (χ0v) is 20.8. The second-order valence-corrected chi connectivity index (χ2v) is 9.49. The number of carbonyl (C=O) groups excluding carboxylic acids is 2. The Morgan fingerprint density at radius 1 is 1.08 bits per heavy atom. The lowest BCUT2D eigenvalue weighted by atomic mass is 9.99. The number of Topliss-reactive ketones (excluding diaryl/α,β-unsaturated/α-hetero) is 1. The minimum absolute atomic E-state index is 0.0180. The first-order valence-corrected chi connectivity index (χ1v) is 12.2. The van der Waals surface area contributed by atoms with Gasteiger partial charge in [-0.3, -0.25) is 9.59 Å². The lowest BCUT2D eigenvalue weighted by Gasteiger charge is -2.25. The second kappa shape index (κ2) is 9.47. The number of hydrogen-bond acceptors (Lipinski definition) is 7. The smallest absolute Gasteiger partial charge is 0.290 e. The Kier molecular flexibility index (Phi) is 6.20. The fourth-order valence-electron chi connectivity index (χ4n) is 4.40. The molecule has 3 heterocycles. The van der Waals surface area contributed by atoms with Gasteiger partial charge in [0.25, 0.3) is 5.91 Å². The maximum Gasteiger partial charge on any atom is 0.290 e. The van der Waals surface area contributed by atoms with Crippen molar-refractivity contribution in [3.05, 3.63) is 106 Å². The number of hydrogen-bond donors (Lipinski definition) is 1. The number of ether oxygens (including phenoxy) is 1. The van der Waals surface area contributed by atoms with Crippen LogP contribution in [0.25, 0.3) is 10.6 Å². The molecule has 182 valence electrons. The summed E-state index contributed by atoms with van der Waals surface area (Å²) in [4.78, 5) is 33.6. The molecule has 2 aromatic carbocycles. The van der Waals surface area contributed by atoms with E-state index in [1.807, 2.05) is 48.5 Å². The zero-order chi connectivity index (χ0) is 25.4. The zero-order valence-electron chi connectivity index (χ0n) is 20.0. The number of aryl methyl sites for hydroxylation is 2. The minimum Gasteiger partial charge on any atom is -0.503 e. The molecule has 1 unspecified atom stereocenters. The molecule has 0 aliphatic carbocycles. The van der Waals surface area contributed by atoms with Crippen LogP contribution in [0.15, 0.2) is 82.5 Å².